The standard InChI is InChI=1S/C21H31NO2/c1-4-21(23)12-11-19(2)14(13-21)5-6-15-16-7-8-18(22-24)20(16,3)10-9-17(15)19/h1,14-18,23H,5-13H2,2-3H3/t14?,15?,16?,17?,18?,19-,20-,21-/m0/s1. The summed E-state index contributed by atoms with van der Waals surface area (Å²) in [4.78, 5) is 11.3. The van der Waals surface area contributed by atoms with Gasteiger partial charge in [0.25, 0.3) is 0 Å². The van der Waals surface area contributed by atoms with Crippen LogP contribution in [0.4, 0.5) is 0 Å². The van der Waals surface area contributed by atoms with Gasteiger partial charge in [0.2, 0.25) is 0 Å². The van der Waals surface area contributed by atoms with Gasteiger partial charge in [0.1, 0.15) is 5.60 Å². The van der Waals surface area contributed by atoms with Gasteiger partial charge in [-0.15, -0.1) is 6.42 Å². The Labute approximate surface area is 146 Å². The molecule has 4 saturated carbocycles. The maximum absolute atomic E-state index is 11.3. The summed E-state index contributed by atoms with van der Waals surface area (Å²) >= 11 is 0. The van der Waals surface area contributed by atoms with E-state index in [1.165, 1.54) is 25.7 Å². The number of hydrogen-bond donors (Lipinski definition) is 1. The molecule has 0 aromatic carbocycles. The molecule has 1 N–H and O–H groups in total. The summed E-state index contributed by atoms with van der Waals surface area (Å²) in [7, 11) is 0. The van der Waals surface area contributed by atoms with Crippen LogP contribution >= 0.6 is 0 Å². The minimum Gasteiger partial charge on any atom is -0.378 e. The number of hydrogen-bond acceptors (Lipinski definition) is 3. The summed E-state index contributed by atoms with van der Waals surface area (Å²) in [6, 6.07) is 0.0341. The number of nitroso groups, excluding NO2 is 1. The molecule has 0 radical (unpaired) electrons. The molecule has 0 amide bonds. The lowest BCUT2D eigenvalue weighted by atomic mass is 9.44. The van der Waals surface area contributed by atoms with E-state index >= 15 is 0 Å². The van der Waals surface area contributed by atoms with E-state index in [0.29, 0.717) is 17.3 Å². The Morgan fingerprint density at radius 2 is 1.75 bits per heavy atom. The van der Waals surface area contributed by atoms with Crippen LogP contribution in [0.2, 0.25) is 0 Å². The van der Waals surface area contributed by atoms with Crippen molar-refractivity contribution in [2.24, 2.45) is 39.7 Å². The SMILES string of the molecule is C#C[C@]1(O)CC[C@@]2(C)C(CCC3C2CC[C@]2(C)C(N=O)CCC32)C1. The molecule has 0 aromatic rings. The number of rotatable bonds is 1. The minimum atomic E-state index is -0.875. The zero-order chi connectivity index (χ0) is 17.2. The molecule has 5 unspecified atom stereocenters. The Balaban J connectivity index is 1.61. The van der Waals surface area contributed by atoms with Gasteiger partial charge < -0.3 is 5.11 Å². The van der Waals surface area contributed by atoms with E-state index in [-0.39, 0.29) is 11.5 Å². The maximum atomic E-state index is 11.3. The Kier molecular flexibility index (Phi) is 3.67. The molecular formula is C21H31NO2. The second-order valence-corrected chi connectivity index (χ2v) is 9.78. The Morgan fingerprint density at radius 3 is 2.46 bits per heavy atom. The van der Waals surface area contributed by atoms with Crippen molar-refractivity contribution in [2.45, 2.75) is 83.3 Å². The molecule has 0 aromatic heterocycles. The first-order chi connectivity index (χ1) is 11.4. The van der Waals surface area contributed by atoms with Crippen molar-refractivity contribution in [2.75, 3.05) is 0 Å². The quantitative estimate of drug-likeness (QED) is 0.567. The summed E-state index contributed by atoms with van der Waals surface area (Å²) in [6.07, 6.45) is 15.2. The maximum Gasteiger partial charge on any atom is 0.125 e. The van der Waals surface area contributed by atoms with Crippen molar-refractivity contribution in [1.82, 2.24) is 0 Å². The highest BCUT2D eigenvalue weighted by Gasteiger charge is 2.61. The molecule has 0 saturated heterocycles. The molecule has 4 rings (SSSR count). The van der Waals surface area contributed by atoms with Gasteiger partial charge in [-0.25, -0.2) is 0 Å². The number of aliphatic hydroxyl groups is 1. The van der Waals surface area contributed by atoms with Gasteiger partial charge in [-0.05, 0) is 92.3 Å². The molecular weight excluding hydrogens is 298 g/mol. The van der Waals surface area contributed by atoms with Gasteiger partial charge in [-0.2, -0.15) is 4.91 Å². The van der Waals surface area contributed by atoms with Gasteiger partial charge in [0, 0.05) is 0 Å². The van der Waals surface area contributed by atoms with E-state index in [4.69, 9.17) is 6.42 Å². The molecule has 4 fully saturated rings. The molecule has 3 heteroatoms. The topological polar surface area (TPSA) is 49.7 Å². The molecule has 0 spiro atoms. The lowest BCUT2D eigenvalue weighted by Crippen LogP contribution is -2.55. The zero-order valence-corrected chi connectivity index (χ0v) is 15.1. The van der Waals surface area contributed by atoms with Crippen molar-refractivity contribution >= 4 is 0 Å². The van der Waals surface area contributed by atoms with Gasteiger partial charge in [0.15, 0.2) is 0 Å². The Morgan fingerprint density at radius 1 is 1.00 bits per heavy atom. The van der Waals surface area contributed by atoms with Crippen molar-refractivity contribution in [3.05, 3.63) is 4.91 Å². The Hall–Kier alpha value is -0.880. The predicted octanol–water partition coefficient (Wildman–Crippen LogP) is 4.53. The van der Waals surface area contributed by atoms with E-state index in [1.54, 1.807) is 0 Å². The second-order valence-electron chi connectivity index (χ2n) is 9.78. The normalized spacial score (nSPS) is 56.5. The molecule has 0 bridgehead atoms. The molecule has 24 heavy (non-hydrogen) atoms. The van der Waals surface area contributed by atoms with Crippen LogP contribution in [0.5, 0.6) is 0 Å². The van der Waals surface area contributed by atoms with Crippen molar-refractivity contribution in [1.29, 1.82) is 0 Å². The van der Waals surface area contributed by atoms with Crippen LogP contribution in [-0.2, 0) is 0 Å². The molecule has 0 heterocycles. The third kappa shape index (κ3) is 2.08. The van der Waals surface area contributed by atoms with E-state index in [0.717, 1.165) is 43.9 Å². The highest BCUT2D eigenvalue weighted by molar-refractivity contribution is 5.16. The fourth-order valence-corrected chi connectivity index (χ4v) is 7.52. The van der Waals surface area contributed by atoms with Crippen LogP contribution in [0.15, 0.2) is 5.18 Å². The first-order valence-electron chi connectivity index (χ1n) is 9.89. The largest absolute Gasteiger partial charge is 0.378 e. The number of fused-ring (bicyclic) bond motifs is 5. The lowest BCUT2D eigenvalue weighted by Gasteiger charge is -2.61. The fourth-order valence-electron chi connectivity index (χ4n) is 7.52. The van der Waals surface area contributed by atoms with E-state index < -0.39 is 5.60 Å². The van der Waals surface area contributed by atoms with Gasteiger partial charge in [0.05, 0.1) is 6.04 Å². The molecule has 3 nitrogen and oxygen atoms in total. The van der Waals surface area contributed by atoms with Crippen molar-refractivity contribution < 1.29 is 5.11 Å². The average Bonchev–Trinajstić information content (AvgIpc) is 2.92. The molecule has 4 aliphatic rings. The number of terminal acetylenes is 1. The van der Waals surface area contributed by atoms with Gasteiger partial charge >= 0.3 is 0 Å². The van der Waals surface area contributed by atoms with Crippen LogP contribution in [0.3, 0.4) is 0 Å². The molecule has 132 valence electrons. The zero-order valence-electron chi connectivity index (χ0n) is 15.1. The highest BCUT2D eigenvalue weighted by Crippen LogP contribution is 2.67. The second kappa shape index (κ2) is 5.31. The highest BCUT2D eigenvalue weighted by atomic mass is 16.3. The van der Waals surface area contributed by atoms with Crippen LogP contribution in [0, 0.1) is 51.8 Å². The molecule has 8 atom stereocenters. The van der Waals surface area contributed by atoms with Crippen LogP contribution in [-0.4, -0.2) is 16.7 Å². The number of nitrogens with zero attached hydrogens (tertiary/aromatic N) is 1. The summed E-state index contributed by atoms with van der Waals surface area (Å²) in [5.41, 5.74) is -0.416. The first kappa shape index (κ1) is 16.6. The third-order valence-electron chi connectivity index (χ3n) is 9.07. The van der Waals surface area contributed by atoms with E-state index in [2.05, 4.69) is 24.9 Å². The third-order valence-corrected chi connectivity index (χ3v) is 9.07. The summed E-state index contributed by atoms with van der Waals surface area (Å²) < 4.78 is 0. The van der Waals surface area contributed by atoms with Crippen molar-refractivity contribution in [3.63, 3.8) is 0 Å². The van der Waals surface area contributed by atoms with Gasteiger partial charge in [-0.1, -0.05) is 24.9 Å². The Bertz CT molecular complexity index is 583. The first-order valence-corrected chi connectivity index (χ1v) is 9.89. The summed E-state index contributed by atoms with van der Waals surface area (Å²) in [5.74, 6) is 5.38. The average molecular weight is 329 g/mol. The predicted molar refractivity (Wildman–Crippen MR) is 95.1 cm³/mol. The van der Waals surface area contributed by atoms with E-state index in [1.807, 2.05) is 0 Å². The molecule has 0 aliphatic heterocycles. The monoisotopic (exact) mass is 329 g/mol. The van der Waals surface area contributed by atoms with Crippen LogP contribution < -0.4 is 0 Å². The van der Waals surface area contributed by atoms with E-state index in [9.17, 15) is 10.0 Å². The summed E-state index contributed by atoms with van der Waals surface area (Å²) in [6.45, 7) is 4.80. The van der Waals surface area contributed by atoms with Gasteiger partial charge in [-0.3, -0.25) is 0 Å². The van der Waals surface area contributed by atoms with Crippen LogP contribution in [0.25, 0.3) is 0 Å². The molecule has 4 aliphatic carbocycles. The fraction of sp³-hybridized carbons (Fsp3) is 0.905. The van der Waals surface area contributed by atoms with Crippen molar-refractivity contribution in [3.8, 4) is 12.3 Å². The lowest BCUT2D eigenvalue weighted by molar-refractivity contribution is -0.134. The smallest absolute Gasteiger partial charge is 0.125 e. The minimum absolute atomic E-state index is 0.0341. The van der Waals surface area contributed by atoms with Crippen LogP contribution in [0.1, 0.15) is 71.6 Å². The summed E-state index contributed by atoms with van der Waals surface area (Å²) in [5, 5.41) is 14.1.